The first-order valence-electron chi connectivity index (χ1n) is 6.75. The van der Waals surface area contributed by atoms with Gasteiger partial charge in [-0.3, -0.25) is 9.59 Å². The Balaban J connectivity index is 2.00. The van der Waals surface area contributed by atoms with Crippen LogP contribution in [0.15, 0.2) is 16.6 Å². The zero-order valence-corrected chi connectivity index (χ0v) is 14.2. The van der Waals surface area contributed by atoms with Crippen LogP contribution >= 0.6 is 39.1 Å². The lowest BCUT2D eigenvalue weighted by Gasteiger charge is -2.26. The van der Waals surface area contributed by atoms with Crippen LogP contribution in [0.2, 0.25) is 10.0 Å². The minimum atomic E-state index is -0.363. The summed E-state index contributed by atoms with van der Waals surface area (Å²) in [5.74, 6) is -0.0358. The number of anilines is 1. The molecule has 1 atom stereocenters. The maximum absolute atomic E-state index is 12.7. The van der Waals surface area contributed by atoms with Crippen LogP contribution in [0.1, 0.15) is 19.3 Å². The van der Waals surface area contributed by atoms with Gasteiger partial charge in [0.2, 0.25) is 11.8 Å². The number of hydrogen-bond donors (Lipinski definition) is 0. The van der Waals surface area contributed by atoms with E-state index < -0.39 is 0 Å². The molecule has 1 aromatic rings. The number of carbonyl (C=O) groups excluding carboxylic acids is 2. The average molecular weight is 392 g/mol. The SMILES string of the molecule is O=C1C2CCCN2C(=O)CCN1c1ccc(Br)c(Cl)c1Cl. The van der Waals surface area contributed by atoms with Crippen LogP contribution in [0.5, 0.6) is 0 Å². The molecule has 0 N–H and O–H groups in total. The Morgan fingerprint density at radius 3 is 2.67 bits per heavy atom. The third-order valence-electron chi connectivity index (χ3n) is 3.98. The molecule has 3 rings (SSSR count). The lowest BCUT2D eigenvalue weighted by Crippen LogP contribution is -2.43. The van der Waals surface area contributed by atoms with Gasteiger partial charge in [0.1, 0.15) is 6.04 Å². The lowest BCUT2D eigenvalue weighted by molar-refractivity contribution is -0.135. The van der Waals surface area contributed by atoms with Crippen molar-refractivity contribution < 1.29 is 9.59 Å². The van der Waals surface area contributed by atoms with Gasteiger partial charge in [0.25, 0.3) is 0 Å². The van der Waals surface area contributed by atoms with Gasteiger partial charge in [-0.15, -0.1) is 0 Å². The second-order valence-corrected chi connectivity index (χ2v) is 6.79. The van der Waals surface area contributed by atoms with Gasteiger partial charge in [-0.25, -0.2) is 0 Å². The maximum atomic E-state index is 12.7. The first kappa shape index (κ1) is 15.1. The third-order valence-corrected chi connectivity index (χ3v) is 5.74. The molecule has 0 bridgehead atoms. The van der Waals surface area contributed by atoms with Gasteiger partial charge in [-0.05, 0) is 40.9 Å². The van der Waals surface area contributed by atoms with Crippen LogP contribution in [0.3, 0.4) is 0 Å². The van der Waals surface area contributed by atoms with Crippen LogP contribution in [0, 0.1) is 0 Å². The topological polar surface area (TPSA) is 40.6 Å². The number of nitrogens with zero attached hydrogens (tertiary/aromatic N) is 2. The Bertz CT molecular complexity index is 623. The van der Waals surface area contributed by atoms with Crippen molar-refractivity contribution in [1.82, 2.24) is 4.90 Å². The van der Waals surface area contributed by atoms with Gasteiger partial charge in [0, 0.05) is 24.0 Å². The number of amides is 2. The highest BCUT2D eigenvalue weighted by Gasteiger charge is 2.40. The number of rotatable bonds is 1. The average Bonchev–Trinajstić information content (AvgIpc) is 2.92. The molecule has 2 amide bonds. The minimum Gasteiger partial charge on any atom is -0.331 e. The van der Waals surface area contributed by atoms with Crippen molar-refractivity contribution in [2.24, 2.45) is 0 Å². The first-order chi connectivity index (χ1) is 10.0. The molecule has 1 unspecified atom stereocenters. The van der Waals surface area contributed by atoms with Crippen LogP contribution in [-0.2, 0) is 9.59 Å². The highest BCUT2D eigenvalue weighted by atomic mass is 79.9. The van der Waals surface area contributed by atoms with E-state index in [0.29, 0.717) is 46.1 Å². The molecule has 2 heterocycles. The van der Waals surface area contributed by atoms with E-state index in [1.807, 2.05) is 0 Å². The van der Waals surface area contributed by atoms with Crippen molar-refractivity contribution in [3.05, 3.63) is 26.7 Å². The molecule has 2 aliphatic heterocycles. The summed E-state index contributed by atoms with van der Waals surface area (Å²) in [6.07, 6.45) is 1.89. The molecule has 0 aromatic heterocycles. The predicted octanol–water partition coefficient (Wildman–Crippen LogP) is 3.48. The van der Waals surface area contributed by atoms with E-state index >= 15 is 0 Å². The van der Waals surface area contributed by atoms with Gasteiger partial charge in [-0.1, -0.05) is 23.2 Å². The largest absolute Gasteiger partial charge is 0.331 e. The summed E-state index contributed by atoms with van der Waals surface area (Å²) in [5.41, 5.74) is 0.566. The minimum absolute atomic E-state index is 0.0349. The van der Waals surface area contributed by atoms with Crippen molar-refractivity contribution in [2.75, 3.05) is 18.0 Å². The molecule has 4 nitrogen and oxygen atoms in total. The normalized spacial score (nSPS) is 22.5. The van der Waals surface area contributed by atoms with Gasteiger partial charge in [-0.2, -0.15) is 0 Å². The summed E-state index contributed by atoms with van der Waals surface area (Å²) < 4.78 is 0.679. The Morgan fingerprint density at radius 2 is 1.90 bits per heavy atom. The van der Waals surface area contributed by atoms with Crippen molar-refractivity contribution in [2.45, 2.75) is 25.3 Å². The quantitative estimate of drug-likeness (QED) is 0.687. The van der Waals surface area contributed by atoms with E-state index in [1.165, 1.54) is 0 Å². The van der Waals surface area contributed by atoms with Crippen molar-refractivity contribution in [3.63, 3.8) is 0 Å². The van der Waals surface area contributed by atoms with E-state index in [0.717, 1.165) is 6.42 Å². The molecule has 1 aromatic carbocycles. The molecule has 0 radical (unpaired) electrons. The van der Waals surface area contributed by atoms with E-state index in [-0.39, 0.29) is 17.9 Å². The van der Waals surface area contributed by atoms with Gasteiger partial charge in [0.15, 0.2) is 0 Å². The highest BCUT2D eigenvalue weighted by molar-refractivity contribution is 9.10. The summed E-state index contributed by atoms with van der Waals surface area (Å²) in [5, 5.41) is 0.708. The van der Waals surface area contributed by atoms with Crippen LogP contribution < -0.4 is 4.90 Å². The fourth-order valence-corrected chi connectivity index (χ4v) is 3.80. The monoisotopic (exact) mass is 390 g/mol. The Morgan fingerprint density at radius 1 is 1.14 bits per heavy atom. The number of benzene rings is 1. The molecule has 0 spiro atoms. The Kier molecular flexibility index (Phi) is 4.17. The Hall–Kier alpha value is -0.780. The first-order valence-corrected chi connectivity index (χ1v) is 8.30. The summed E-state index contributed by atoms with van der Waals surface area (Å²) in [4.78, 5) is 28.1. The summed E-state index contributed by atoms with van der Waals surface area (Å²) >= 11 is 15.7. The fraction of sp³-hybridized carbons (Fsp3) is 0.429. The zero-order valence-electron chi connectivity index (χ0n) is 11.1. The lowest BCUT2D eigenvalue weighted by atomic mass is 10.2. The van der Waals surface area contributed by atoms with Crippen LogP contribution in [-0.4, -0.2) is 35.8 Å². The second kappa shape index (κ2) is 5.78. The fourth-order valence-electron chi connectivity index (χ4n) is 2.93. The molecule has 0 saturated carbocycles. The Labute approximate surface area is 141 Å². The highest BCUT2D eigenvalue weighted by Crippen LogP contribution is 2.39. The number of carbonyl (C=O) groups is 2. The van der Waals surface area contributed by atoms with E-state index in [4.69, 9.17) is 23.2 Å². The van der Waals surface area contributed by atoms with E-state index in [1.54, 1.807) is 21.9 Å². The van der Waals surface area contributed by atoms with Crippen molar-refractivity contribution in [1.29, 1.82) is 0 Å². The number of halogens is 3. The summed E-state index contributed by atoms with van der Waals surface area (Å²) in [7, 11) is 0. The van der Waals surface area contributed by atoms with E-state index in [9.17, 15) is 9.59 Å². The molecule has 2 fully saturated rings. The molecule has 7 heteroatoms. The molecule has 112 valence electrons. The second-order valence-electron chi connectivity index (χ2n) is 5.18. The zero-order chi connectivity index (χ0) is 15.1. The number of hydrogen-bond acceptors (Lipinski definition) is 2. The van der Waals surface area contributed by atoms with Crippen molar-refractivity contribution in [3.8, 4) is 0 Å². The van der Waals surface area contributed by atoms with Gasteiger partial charge >= 0.3 is 0 Å². The molecule has 21 heavy (non-hydrogen) atoms. The van der Waals surface area contributed by atoms with Gasteiger partial charge < -0.3 is 9.80 Å². The summed E-state index contributed by atoms with van der Waals surface area (Å²) in [6.45, 7) is 1.00. The molecular weight excluding hydrogens is 379 g/mol. The van der Waals surface area contributed by atoms with Crippen LogP contribution in [0.4, 0.5) is 5.69 Å². The van der Waals surface area contributed by atoms with Crippen molar-refractivity contribution >= 4 is 56.6 Å². The summed E-state index contributed by atoms with van der Waals surface area (Å²) in [6, 6.07) is 3.15. The predicted molar refractivity (Wildman–Crippen MR) is 85.9 cm³/mol. The van der Waals surface area contributed by atoms with Crippen LogP contribution in [0.25, 0.3) is 0 Å². The van der Waals surface area contributed by atoms with Gasteiger partial charge in [0.05, 0.1) is 15.7 Å². The molecule has 2 saturated heterocycles. The maximum Gasteiger partial charge on any atom is 0.249 e. The van der Waals surface area contributed by atoms with E-state index in [2.05, 4.69) is 15.9 Å². The smallest absolute Gasteiger partial charge is 0.249 e. The third kappa shape index (κ3) is 2.56. The molecule has 0 aliphatic carbocycles. The number of fused-ring (bicyclic) bond motifs is 1. The standard InChI is InChI=1S/C14H13BrCl2N2O2/c15-8-3-4-9(13(17)12(8)16)19-7-5-11(20)18-6-1-2-10(18)14(19)21/h3-4,10H,1-2,5-7H2. The molecular formula is C14H13BrCl2N2O2. The molecule has 2 aliphatic rings.